The van der Waals surface area contributed by atoms with Gasteiger partial charge in [0.25, 0.3) is 0 Å². The van der Waals surface area contributed by atoms with Crippen LogP contribution in [-0.2, 0) is 20.5 Å². The Balaban J connectivity index is 0.00000242. The highest BCUT2D eigenvalue weighted by Crippen LogP contribution is 2.35. The van der Waals surface area contributed by atoms with Gasteiger partial charge in [-0.05, 0) is 18.6 Å². The minimum Gasteiger partial charge on any atom is -0.344 e. The van der Waals surface area contributed by atoms with Gasteiger partial charge in [-0.15, -0.1) is 0 Å². The summed E-state index contributed by atoms with van der Waals surface area (Å²) in [5, 5.41) is 2.91. The van der Waals surface area contributed by atoms with Crippen molar-refractivity contribution >= 4 is 13.4 Å². The van der Waals surface area contributed by atoms with E-state index < -0.39 is 32.2 Å². The molecule has 0 amide bonds. The monoisotopic (exact) mass is 351 g/mol. The second-order valence-electron chi connectivity index (χ2n) is 4.35. The van der Waals surface area contributed by atoms with Gasteiger partial charge in [-0.1, -0.05) is 6.92 Å². The first-order valence-electron chi connectivity index (χ1n) is 6.22. The molecule has 2 rings (SSSR count). The molecule has 0 saturated heterocycles. The molecule has 10 N–H and O–H groups in total. The molecule has 0 spiro atoms. The molecule has 1 aromatic heterocycles. The first kappa shape index (κ1) is 21.4. The van der Waals surface area contributed by atoms with E-state index in [4.69, 9.17) is 19.3 Å². The summed E-state index contributed by atoms with van der Waals surface area (Å²) >= 11 is 0. The normalized spacial score (nSPS) is 19.8. The second-order valence-corrected chi connectivity index (χ2v) is 5.94. The van der Waals surface area contributed by atoms with E-state index in [9.17, 15) is 9.36 Å². The van der Waals surface area contributed by atoms with Gasteiger partial charge in [-0.25, -0.2) is 4.79 Å². The van der Waals surface area contributed by atoms with Crippen molar-refractivity contribution in [1.29, 1.82) is 0 Å². The van der Waals surface area contributed by atoms with Crippen LogP contribution in [0.2, 0.25) is 0 Å². The molecule has 0 radical (unpaired) electrons. The Bertz CT molecular complexity index is 630. The molecule has 0 aromatic carbocycles. The van der Waals surface area contributed by atoms with Crippen LogP contribution in [0.15, 0.2) is 23.1 Å². The number of nitrogens with one attached hydrogen (secondary N) is 2. The van der Waals surface area contributed by atoms with E-state index in [0.29, 0.717) is 12.2 Å². The maximum absolute atomic E-state index is 11.2. The predicted octanol–water partition coefficient (Wildman–Crippen LogP) is 0.459. The number of ether oxygens (including phenoxy) is 2. The van der Waals surface area contributed by atoms with Gasteiger partial charge in [0, 0.05) is 11.8 Å². The molecule has 1 aliphatic rings. The van der Waals surface area contributed by atoms with E-state index in [1.807, 2.05) is 6.92 Å². The third-order valence-electron chi connectivity index (χ3n) is 2.68. The number of aromatic amines is 1. The Morgan fingerprint density at radius 3 is 2.74 bits per heavy atom. The van der Waals surface area contributed by atoms with E-state index in [-0.39, 0.29) is 12.3 Å². The van der Waals surface area contributed by atoms with Crippen LogP contribution in [-0.4, -0.2) is 38.6 Å². The molecule has 11 nitrogen and oxygen atoms in total. The highest BCUT2D eigenvalue weighted by atomic mass is 31.2. The van der Waals surface area contributed by atoms with Crippen molar-refractivity contribution < 1.29 is 23.8 Å². The van der Waals surface area contributed by atoms with Crippen LogP contribution in [0.1, 0.15) is 12.5 Å². The molecule has 23 heavy (non-hydrogen) atoms. The van der Waals surface area contributed by atoms with Crippen molar-refractivity contribution in [2.24, 2.45) is 0 Å². The van der Waals surface area contributed by atoms with Gasteiger partial charge >= 0.3 is 13.3 Å². The summed E-state index contributed by atoms with van der Waals surface area (Å²) in [4.78, 5) is 35.0. The number of nitrogens with zero attached hydrogens (tertiary/aromatic N) is 1. The van der Waals surface area contributed by atoms with E-state index in [2.05, 4.69) is 15.3 Å². The molecule has 2 heterocycles. The van der Waals surface area contributed by atoms with Crippen LogP contribution in [0, 0.1) is 0 Å². The lowest BCUT2D eigenvalue weighted by molar-refractivity contribution is -0.101. The lowest BCUT2D eigenvalue weighted by atomic mass is 10.2. The molecule has 12 heteroatoms. The van der Waals surface area contributed by atoms with E-state index in [1.54, 1.807) is 12.3 Å². The van der Waals surface area contributed by atoms with Crippen LogP contribution in [0.4, 0.5) is 5.82 Å². The summed E-state index contributed by atoms with van der Waals surface area (Å²) in [7, 11) is -4.24. The largest absolute Gasteiger partial charge is 0.351 e. The van der Waals surface area contributed by atoms with Crippen LogP contribution < -0.4 is 23.3 Å². The molecule has 0 saturated carbocycles. The first-order valence-corrected chi connectivity index (χ1v) is 8.02. The van der Waals surface area contributed by atoms with Gasteiger partial charge in [-0.2, -0.15) is 4.98 Å². The van der Waals surface area contributed by atoms with Crippen molar-refractivity contribution in [2.75, 3.05) is 11.7 Å². The average Bonchev–Trinajstić information content (AvgIpc) is 2.84. The summed E-state index contributed by atoms with van der Waals surface area (Å²) in [6.07, 6.45) is 3.20. The van der Waals surface area contributed by atoms with Crippen LogP contribution >= 0.6 is 7.60 Å². The zero-order valence-corrected chi connectivity index (χ0v) is 13.5. The SMILES string of the molecule is CCc1c[nH]c(=O)nc1NC1C=CC(OCP(=O)(O)O)O1.N.N. The van der Waals surface area contributed by atoms with Gasteiger partial charge in [0.1, 0.15) is 5.82 Å². The molecular formula is C11H22N5O6P. The Kier molecular flexibility index (Phi) is 8.28. The highest BCUT2D eigenvalue weighted by Gasteiger charge is 2.23. The minimum absolute atomic E-state index is 0. The Hall–Kier alpha value is -1.59. The van der Waals surface area contributed by atoms with Gasteiger partial charge in [0.05, 0.1) is 0 Å². The van der Waals surface area contributed by atoms with E-state index in [1.165, 1.54) is 6.08 Å². The lowest BCUT2D eigenvalue weighted by Crippen LogP contribution is -2.25. The van der Waals surface area contributed by atoms with Gasteiger partial charge < -0.3 is 41.9 Å². The summed E-state index contributed by atoms with van der Waals surface area (Å²) in [6, 6.07) is 0. The number of aryl methyl sites for hydroxylation is 1. The quantitative estimate of drug-likeness (QED) is 0.308. The fourth-order valence-electron chi connectivity index (χ4n) is 1.73. The van der Waals surface area contributed by atoms with Crippen LogP contribution in [0.5, 0.6) is 0 Å². The van der Waals surface area contributed by atoms with E-state index in [0.717, 1.165) is 5.56 Å². The molecule has 0 bridgehead atoms. The van der Waals surface area contributed by atoms with E-state index >= 15 is 0 Å². The Morgan fingerprint density at radius 1 is 1.43 bits per heavy atom. The first-order chi connectivity index (χ1) is 9.87. The lowest BCUT2D eigenvalue weighted by Gasteiger charge is -2.17. The number of hydrogen-bond acceptors (Lipinski definition) is 8. The average molecular weight is 351 g/mol. The molecule has 132 valence electrons. The topological polar surface area (TPSA) is 204 Å². The smallest absolute Gasteiger partial charge is 0.344 e. The Morgan fingerprint density at radius 2 is 2.13 bits per heavy atom. The fraction of sp³-hybridized carbons (Fsp3) is 0.455. The van der Waals surface area contributed by atoms with Crippen molar-refractivity contribution in [3.63, 3.8) is 0 Å². The minimum atomic E-state index is -4.24. The highest BCUT2D eigenvalue weighted by molar-refractivity contribution is 7.51. The van der Waals surface area contributed by atoms with Crippen LogP contribution in [0.3, 0.4) is 0 Å². The van der Waals surface area contributed by atoms with Crippen molar-refractivity contribution in [1.82, 2.24) is 22.3 Å². The van der Waals surface area contributed by atoms with Crippen molar-refractivity contribution in [2.45, 2.75) is 25.9 Å². The third kappa shape index (κ3) is 6.59. The molecule has 2 unspecified atom stereocenters. The maximum Gasteiger partial charge on any atom is 0.351 e. The van der Waals surface area contributed by atoms with Gasteiger partial charge in [-0.3, -0.25) is 4.57 Å². The molecule has 2 atom stereocenters. The summed E-state index contributed by atoms with van der Waals surface area (Å²) in [5.41, 5.74) is 0.331. The molecule has 1 aliphatic heterocycles. The van der Waals surface area contributed by atoms with Crippen LogP contribution in [0.25, 0.3) is 0 Å². The molecule has 1 aromatic rings. The number of aromatic nitrogens is 2. The number of rotatable bonds is 6. The molecule has 0 fully saturated rings. The molecular weight excluding hydrogens is 329 g/mol. The molecule has 0 aliphatic carbocycles. The Labute approximate surface area is 132 Å². The second kappa shape index (κ2) is 8.89. The zero-order chi connectivity index (χ0) is 15.5. The maximum atomic E-state index is 11.2. The van der Waals surface area contributed by atoms with Gasteiger partial charge in [0.2, 0.25) is 0 Å². The summed E-state index contributed by atoms with van der Waals surface area (Å²) < 4.78 is 21.0. The zero-order valence-electron chi connectivity index (χ0n) is 12.6. The number of H-pyrrole nitrogens is 1. The third-order valence-corrected chi connectivity index (χ3v) is 3.16. The van der Waals surface area contributed by atoms with Crippen molar-refractivity contribution in [3.05, 3.63) is 34.4 Å². The predicted molar refractivity (Wildman–Crippen MR) is 83.7 cm³/mol. The number of hydrogen-bond donors (Lipinski definition) is 6. The standard InChI is InChI=1S/C11H16N3O6P.2H3N/c1-2-7-5-12-11(15)14-10(7)13-8-3-4-9(20-8)19-6-21(16,17)18;;/h3-5,8-9H,2,6H2,1H3,(H2,16,17,18)(H2,12,13,14,15);2*1H3. The summed E-state index contributed by atoms with van der Waals surface area (Å²) in [5.74, 6) is 0.395. The fourth-order valence-corrected chi connectivity index (χ4v) is 2.07. The summed E-state index contributed by atoms with van der Waals surface area (Å²) in [6.45, 7) is 1.91. The number of anilines is 1. The van der Waals surface area contributed by atoms with Crippen molar-refractivity contribution in [3.8, 4) is 0 Å². The van der Waals surface area contributed by atoms with Gasteiger partial charge in [0.15, 0.2) is 18.9 Å².